The fourth-order valence-corrected chi connectivity index (χ4v) is 2.62. The number of aromatic nitrogens is 3. The number of pyridine rings is 1. The van der Waals surface area contributed by atoms with Crippen LogP contribution in [0.2, 0.25) is 0 Å². The molecule has 0 aliphatic carbocycles. The maximum absolute atomic E-state index is 12.8. The SMILES string of the molecule is Cc1nc(CCN(C)C(=O)[C@H]2OCC(=O)N[C@@H]2c2cccnc2)no1. The third kappa shape index (κ3) is 4.00. The first-order valence-electron chi connectivity index (χ1n) is 7.89. The molecule has 3 rings (SSSR count). The Hall–Kier alpha value is -2.81. The lowest BCUT2D eigenvalue weighted by molar-refractivity contribution is -0.154. The van der Waals surface area contributed by atoms with Gasteiger partial charge in [0.1, 0.15) is 6.61 Å². The first kappa shape index (κ1) is 17.0. The van der Waals surface area contributed by atoms with E-state index in [2.05, 4.69) is 20.4 Å². The van der Waals surface area contributed by atoms with Gasteiger partial charge in [0.05, 0.1) is 6.04 Å². The Morgan fingerprint density at radius 1 is 1.48 bits per heavy atom. The smallest absolute Gasteiger partial charge is 0.253 e. The Labute approximate surface area is 144 Å². The predicted molar refractivity (Wildman–Crippen MR) is 85.2 cm³/mol. The van der Waals surface area contributed by atoms with Gasteiger partial charge in [0.2, 0.25) is 11.8 Å². The lowest BCUT2D eigenvalue weighted by Gasteiger charge is -2.33. The molecule has 132 valence electrons. The number of ether oxygens (including phenoxy) is 1. The zero-order valence-corrected chi connectivity index (χ0v) is 14.0. The summed E-state index contributed by atoms with van der Waals surface area (Å²) in [5.74, 6) is 0.537. The normalized spacial score (nSPS) is 20.2. The monoisotopic (exact) mass is 345 g/mol. The van der Waals surface area contributed by atoms with Crippen LogP contribution in [-0.2, 0) is 20.7 Å². The molecule has 3 heterocycles. The van der Waals surface area contributed by atoms with Crippen LogP contribution >= 0.6 is 0 Å². The summed E-state index contributed by atoms with van der Waals surface area (Å²) in [6, 6.07) is 2.98. The molecule has 0 spiro atoms. The van der Waals surface area contributed by atoms with Crippen LogP contribution in [0.25, 0.3) is 0 Å². The van der Waals surface area contributed by atoms with Crippen LogP contribution in [0.15, 0.2) is 29.0 Å². The lowest BCUT2D eigenvalue weighted by atomic mass is 10.0. The van der Waals surface area contributed by atoms with Crippen LogP contribution in [0, 0.1) is 6.92 Å². The van der Waals surface area contributed by atoms with Gasteiger partial charge in [-0.1, -0.05) is 11.2 Å². The number of carbonyl (C=O) groups is 2. The predicted octanol–water partition coefficient (Wildman–Crippen LogP) is 0.0302. The van der Waals surface area contributed by atoms with Gasteiger partial charge in [-0.05, 0) is 11.6 Å². The fraction of sp³-hybridized carbons (Fsp3) is 0.438. The molecule has 1 aliphatic heterocycles. The van der Waals surface area contributed by atoms with Gasteiger partial charge in [-0.25, -0.2) is 0 Å². The summed E-state index contributed by atoms with van der Waals surface area (Å²) in [7, 11) is 1.68. The third-order valence-corrected chi connectivity index (χ3v) is 3.92. The number of rotatable bonds is 5. The Kier molecular flexibility index (Phi) is 5.03. The molecule has 1 N–H and O–H groups in total. The molecule has 2 aromatic rings. The average molecular weight is 345 g/mol. The lowest BCUT2D eigenvalue weighted by Crippen LogP contribution is -2.53. The van der Waals surface area contributed by atoms with E-state index in [1.807, 2.05) is 0 Å². The van der Waals surface area contributed by atoms with Gasteiger partial charge in [0.25, 0.3) is 5.91 Å². The van der Waals surface area contributed by atoms with Crippen molar-refractivity contribution in [1.29, 1.82) is 0 Å². The van der Waals surface area contributed by atoms with Crippen molar-refractivity contribution < 1.29 is 18.8 Å². The van der Waals surface area contributed by atoms with Crippen LogP contribution in [0.1, 0.15) is 23.3 Å². The second-order valence-electron chi connectivity index (χ2n) is 5.80. The van der Waals surface area contributed by atoms with Crippen LogP contribution in [-0.4, -0.2) is 58.1 Å². The highest BCUT2D eigenvalue weighted by atomic mass is 16.5. The number of nitrogens with one attached hydrogen (secondary N) is 1. The zero-order valence-electron chi connectivity index (χ0n) is 14.0. The summed E-state index contributed by atoms with van der Waals surface area (Å²) < 4.78 is 10.4. The average Bonchev–Trinajstić information content (AvgIpc) is 3.05. The number of hydrogen-bond donors (Lipinski definition) is 1. The van der Waals surface area contributed by atoms with E-state index in [4.69, 9.17) is 9.26 Å². The minimum Gasteiger partial charge on any atom is -0.356 e. The van der Waals surface area contributed by atoms with E-state index in [0.717, 1.165) is 5.56 Å². The van der Waals surface area contributed by atoms with Crippen LogP contribution in [0.4, 0.5) is 0 Å². The van der Waals surface area contributed by atoms with E-state index in [1.165, 1.54) is 4.90 Å². The van der Waals surface area contributed by atoms with Crippen LogP contribution < -0.4 is 5.32 Å². The molecule has 1 saturated heterocycles. The van der Waals surface area contributed by atoms with Crippen molar-refractivity contribution in [2.24, 2.45) is 0 Å². The number of nitrogens with zero attached hydrogens (tertiary/aromatic N) is 4. The van der Waals surface area contributed by atoms with Gasteiger partial charge >= 0.3 is 0 Å². The number of amides is 2. The molecule has 9 nitrogen and oxygen atoms in total. The molecule has 1 aliphatic rings. The summed E-state index contributed by atoms with van der Waals surface area (Å²) >= 11 is 0. The Bertz CT molecular complexity index is 748. The van der Waals surface area contributed by atoms with E-state index in [-0.39, 0.29) is 18.4 Å². The van der Waals surface area contributed by atoms with Crippen molar-refractivity contribution in [2.45, 2.75) is 25.5 Å². The van der Waals surface area contributed by atoms with Gasteiger partial charge in [0, 0.05) is 39.3 Å². The summed E-state index contributed by atoms with van der Waals surface area (Å²) in [6.07, 6.45) is 2.90. The van der Waals surface area contributed by atoms with E-state index in [9.17, 15) is 9.59 Å². The summed E-state index contributed by atoms with van der Waals surface area (Å²) in [5.41, 5.74) is 0.719. The number of aryl methyl sites for hydroxylation is 1. The standard InChI is InChI=1S/C16H19N5O4/c1-10-18-12(20-25-10)5-7-21(2)16(23)15-14(19-13(22)9-24-15)11-4-3-6-17-8-11/h3-4,6,8,14-15H,5,7,9H2,1-2H3,(H,19,22)/t14-,15+/m1/s1. The Morgan fingerprint density at radius 2 is 2.32 bits per heavy atom. The van der Waals surface area contributed by atoms with Gasteiger partial charge < -0.3 is 19.5 Å². The molecule has 0 saturated carbocycles. The van der Waals surface area contributed by atoms with Gasteiger partial charge in [-0.15, -0.1) is 0 Å². The minimum absolute atomic E-state index is 0.148. The largest absolute Gasteiger partial charge is 0.356 e. The number of likely N-dealkylation sites (N-methyl/N-ethyl adjacent to an activating group) is 1. The Morgan fingerprint density at radius 3 is 3.00 bits per heavy atom. The molecular formula is C16H19N5O4. The summed E-state index contributed by atoms with van der Waals surface area (Å²) in [5, 5.41) is 6.62. The third-order valence-electron chi connectivity index (χ3n) is 3.92. The number of hydrogen-bond acceptors (Lipinski definition) is 7. The van der Waals surface area contributed by atoms with E-state index in [1.54, 1.807) is 38.5 Å². The summed E-state index contributed by atoms with van der Waals surface area (Å²) in [6.45, 7) is 1.97. The molecule has 0 aromatic carbocycles. The van der Waals surface area contributed by atoms with Crippen molar-refractivity contribution in [3.63, 3.8) is 0 Å². The maximum Gasteiger partial charge on any atom is 0.253 e. The summed E-state index contributed by atoms with van der Waals surface area (Å²) in [4.78, 5) is 34.2. The molecule has 2 atom stereocenters. The van der Waals surface area contributed by atoms with E-state index in [0.29, 0.717) is 24.7 Å². The fourth-order valence-electron chi connectivity index (χ4n) is 2.62. The Balaban J connectivity index is 1.68. The van der Waals surface area contributed by atoms with Crippen LogP contribution in [0.3, 0.4) is 0 Å². The molecule has 0 unspecified atom stereocenters. The quantitative estimate of drug-likeness (QED) is 0.814. The highest BCUT2D eigenvalue weighted by molar-refractivity contribution is 5.86. The zero-order chi connectivity index (χ0) is 17.8. The first-order chi connectivity index (χ1) is 12.0. The van der Waals surface area contributed by atoms with Crippen molar-refractivity contribution in [3.05, 3.63) is 41.8 Å². The molecular weight excluding hydrogens is 326 g/mol. The second kappa shape index (κ2) is 7.39. The van der Waals surface area contributed by atoms with Crippen molar-refractivity contribution in [2.75, 3.05) is 20.2 Å². The second-order valence-corrected chi connectivity index (χ2v) is 5.80. The highest BCUT2D eigenvalue weighted by Crippen LogP contribution is 2.23. The first-order valence-corrected chi connectivity index (χ1v) is 7.89. The number of carbonyl (C=O) groups excluding carboxylic acids is 2. The van der Waals surface area contributed by atoms with Gasteiger partial charge in [-0.2, -0.15) is 4.98 Å². The van der Waals surface area contributed by atoms with E-state index < -0.39 is 12.1 Å². The van der Waals surface area contributed by atoms with Crippen LogP contribution in [0.5, 0.6) is 0 Å². The molecule has 25 heavy (non-hydrogen) atoms. The number of morpholine rings is 1. The molecule has 1 fully saturated rings. The van der Waals surface area contributed by atoms with Gasteiger partial charge in [0.15, 0.2) is 11.9 Å². The van der Waals surface area contributed by atoms with Crippen molar-refractivity contribution >= 4 is 11.8 Å². The molecule has 2 amide bonds. The van der Waals surface area contributed by atoms with Crippen molar-refractivity contribution in [3.8, 4) is 0 Å². The molecule has 2 aromatic heterocycles. The molecule has 9 heteroatoms. The topological polar surface area (TPSA) is 110 Å². The highest BCUT2D eigenvalue weighted by Gasteiger charge is 2.37. The van der Waals surface area contributed by atoms with Crippen molar-refractivity contribution in [1.82, 2.24) is 25.3 Å². The van der Waals surface area contributed by atoms with Gasteiger partial charge in [-0.3, -0.25) is 14.6 Å². The maximum atomic E-state index is 12.8. The minimum atomic E-state index is -0.807. The molecule has 0 radical (unpaired) electrons. The van der Waals surface area contributed by atoms with E-state index >= 15 is 0 Å². The molecule has 0 bridgehead atoms.